The van der Waals surface area contributed by atoms with E-state index < -0.39 is 0 Å². The zero-order chi connectivity index (χ0) is 10.9. The molecule has 1 aromatic rings. The molecule has 5 heteroatoms. The van der Waals surface area contributed by atoms with Gasteiger partial charge in [-0.3, -0.25) is 4.79 Å². The molecule has 1 atom stereocenters. The number of carbonyl (C=O) groups excluding carboxylic acids is 1. The van der Waals surface area contributed by atoms with Crippen LogP contribution in [0.4, 0.5) is 0 Å². The number of piperidine rings is 1. The van der Waals surface area contributed by atoms with Crippen molar-refractivity contribution in [1.82, 2.24) is 10.3 Å². The first-order valence-corrected chi connectivity index (χ1v) is 5.90. The van der Waals surface area contributed by atoms with Gasteiger partial charge in [0, 0.05) is 12.0 Å². The van der Waals surface area contributed by atoms with Crippen LogP contribution in [0, 0.1) is 0 Å². The van der Waals surface area contributed by atoms with Crippen molar-refractivity contribution in [2.75, 3.05) is 13.1 Å². The fraction of sp³-hybridized carbons (Fsp3) is 0.600. The van der Waals surface area contributed by atoms with Gasteiger partial charge >= 0.3 is 0 Å². The molecule has 15 heavy (non-hydrogen) atoms. The Morgan fingerprint density at radius 1 is 1.73 bits per heavy atom. The Kier molecular flexibility index (Phi) is 2.75. The van der Waals surface area contributed by atoms with E-state index in [1.54, 1.807) is 6.20 Å². The number of amides is 1. The van der Waals surface area contributed by atoms with Gasteiger partial charge in [-0.25, -0.2) is 4.98 Å². The normalized spacial score (nSPS) is 26.5. The maximum atomic E-state index is 11.0. The number of hydrogen-bond acceptors (Lipinski definition) is 4. The molecular formula is C10H15N3OS. The average molecular weight is 225 g/mol. The molecule has 0 unspecified atom stereocenters. The van der Waals surface area contributed by atoms with Crippen LogP contribution < -0.4 is 11.1 Å². The second-order valence-electron chi connectivity index (χ2n) is 4.23. The van der Waals surface area contributed by atoms with Gasteiger partial charge in [0.1, 0.15) is 9.88 Å². The molecule has 0 radical (unpaired) electrons. The number of carbonyl (C=O) groups is 1. The molecule has 1 aliphatic rings. The first kappa shape index (κ1) is 10.6. The molecule has 82 valence electrons. The highest BCUT2D eigenvalue weighted by atomic mass is 32.1. The van der Waals surface area contributed by atoms with Gasteiger partial charge in [0.25, 0.3) is 5.91 Å². The number of aromatic nitrogens is 1. The van der Waals surface area contributed by atoms with Crippen LogP contribution in [0.15, 0.2) is 6.20 Å². The monoisotopic (exact) mass is 225 g/mol. The summed E-state index contributed by atoms with van der Waals surface area (Å²) in [6.07, 6.45) is 3.86. The van der Waals surface area contributed by atoms with E-state index in [4.69, 9.17) is 5.73 Å². The van der Waals surface area contributed by atoms with E-state index in [1.807, 2.05) is 0 Å². The lowest BCUT2D eigenvalue weighted by atomic mass is 9.83. The largest absolute Gasteiger partial charge is 0.365 e. The Morgan fingerprint density at radius 3 is 3.07 bits per heavy atom. The summed E-state index contributed by atoms with van der Waals surface area (Å²) in [7, 11) is 0. The zero-order valence-corrected chi connectivity index (χ0v) is 9.56. The summed E-state index contributed by atoms with van der Waals surface area (Å²) in [5, 5.41) is 4.38. The minimum absolute atomic E-state index is 0.0661. The van der Waals surface area contributed by atoms with Crippen LogP contribution in [-0.2, 0) is 5.41 Å². The summed E-state index contributed by atoms with van der Waals surface area (Å²) >= 11 is 1.42. The maximum Gasteiger partial charge on any atom is 0.260 e. The Labute approximate surface area is 92.9 Å². The minimum atomic E-state index is -0.383. The number of nitrogens with one attached hydrogen (secondary N) is 1. The number of hydrogen-bond donors (Lipinski definition) is 2. The van der Waals surface area contributed by atoms with E-state index in [2.05, 4.69) is 17.2 Å². The summed E-state index contributed by atoms with van der Waals surface area (Å²) in [6, 6.07) is 0. The number of rotatable bonds is 2. The molecule has 2 heterocycles. The molecule has 0 spiro atoms. The molecule has 2 rings (SSSR count). The predicted molar refractivity (Wildman–Crippen MR) is 60.1 cm³/mol. The van der Waals surface area contributed by atoms with Crippen LogP contribution in [0.2, 0.25) is 0 Å². The minimum Gasteiger partial charge on any atom is -0.365 e. The fourth-order valence-electron chi connectivity index (χ4n) is 1.91. The van der Waals surface area contributed by atoms with Gasteiger partial charge in [-0.15, -0.1) is 11.3 Å². The van der Waals surface area contributed by atoms with Gasteiger partial charge in [0.05, 0.1) is 6.20 Å². The van der Waals surface area contributed by atoms with Crippen molar-refractivity contribution in [1.29, 1.82) is 0 Å². The lowest BCUT2D eigenvalue weighted by Crippen LogP contribution is -2.40. The van der Waals surface area contributed by atoms with Crippen molar-refractivity contribution < 1.29 is 4.79 Å². The molecule has 1 saturated heterocycles. The summed E-state index contributed by atoms with van der Waals surface area (Å²) < 4.78 is 0. The van der Waals surface area contributed by atoms with Crippen molar-refractivity contribution in [2.45, 2.75) is 25.2 Å². The number of primary amides is 1. The van der Waals surface area contributed by atoms with Gasteiger partial charge < -0.3 is 11.1 Å². The molecule has 0 aromatic carbocycles. The second-order valence-corrected chi connectivity index (χ2v) is 5.27. The van der Waals surface area contributed by atoms with Gasteiger partial charge in [0.2, 0.25) is 0 Å². The predicted octanol–water partition coefficient (Wildman–Crippen LogP) is 0.883. The average Bonchev–Trinajstić information content (AvgIpc) is 2.68. The van der Waals surface area contributed by atoms with Crippen LogP contribution >= 0.6 is 11.3 Å². The third-order valence-corrected chi connectivity index (χ3v) is 4.18. The van der Waals surface area contributed by atoms with Crippen LogP contribution in [0.3, 0.4) is 0 Å². The van der Waals surface area contributed by atoms with Crippen molar-refractivity contribution in [2.24, 2.45) is 5.73 Å². The van der Waals surface area contributed by atoms with Crippen molar-refractivity contribution in [3.05, 3.63) is 16.1 Å². The van der Waals surface area contributed by atoms with E-state index in [9.17, 15) is 4.79 Å². The first-order chi connectivity index (χ1) is 7.12. The first-order valence-electron chi connectivity index (χ1n) is 5.09. The lowest BCUT2D eigenvalue weighted by molar-refractivity contribution is 0.100. The van der Waals surface area contributed by atoms with Gasteiger partial charge in [-0.1, -0.05) is 6.92 Å². The quantitative estimate of drug-likeness (QED) is 0.785. The molecule has 4 nitrogen and oxygen atoms in total. The second kappa shape index (κ2) is 3.90. The maximum absolute atomic E-state index is 11.0. The van der Waals surface area contributed by atoms with Crippen LogP contribution in [0.25, 0.3) is 0 Å². The molecule has 1 aromatic heterocycles. The van der Waals surface area contributed by atoms with Gasteiger partial charge in [-0.05, 0) is 19.4 Å². The van der Waals surface area contributed by atoms with Crippen LogP contribution in [0.5, 0.6) is 0 Å². The van der Waals surface area contributed by atoms with Crippen molar-refractivity contribution >= 4 is 17.2 Å². The number of thiazole rings is 1. The summed E-state index contributed by atoms with van der Waals surface area (Å²) in [4.78, 5) is 15.8. The highest BCUT2D eigenvalue weighted by Gasteiger charge is 2.31. The Hall–Kier alpha value is -0.940. The number of nitrogens with two attached hydrogens (primary N) is 1. The summed E-state index contributed by atoms with van der Waals surface area (Å²) in [5.41, 5.74) is 5.28. The third-order valence-electron chi connectivity index (χ3n) is 2.86. The van der Waals surface area contributed by atoms with Crippen molar-refractivity contribution in [3.8, 4) is 0 Å². The standard InChI is InChI=1S/C10H15N3OS/c1-10(3-2-4-12-6-10)9-13-5-7(15-9)8(11)14/h5,12H,2-4,6H2,1H3,(H2,11,14)/t10-/m0/s1. The Bertz CT molecular complexity index is 368. The smallest absolute Gasteiger partial charge is 0.260 e. The molecule has 3 N–H and O–H groups in total. The van der Waals surface area contributed by atoms with Crippen LogP contribution in [0.1, 0.15) is 34.4 Å². The topological polar surface area (TPSA) is 68.0 Å². The molecular weight excluding hydrogens is 210 g/mol. The molecule has 1 fully saturated rings. The Balaban J connectivity index is 2.23. The summed E-state index contributed by atoms with van der Waals surface area (Å²) in [5.74, 6) is -0.383. The van der Waals surface area contributed by atoms with E-state index in [0.717, 1.165) is 30.9 Å². The van der Waals surface area contributed by atoms with E-state index >= 15 is 0 Å². The SMILES string of the molecule is C[C@]1(c2ncc(C(N)=O)s2)CCCNC1. The molecule has 0 bridgehead atoms. The van der Waals surface area contributed by atoms with Gasteiger partial charge in [-0.2, -0.15) is 0 Å². The van der Waals surface area contributed by atoms with E-state index in [-0.39, 0.29) is 11.3 Å². The zero-order valence-electron chi connectivity index (χ0n) is 8.75. The number of nitrogens with zero attached hydrogens (tertiary/aromatic N) is 1. The molecule has 0 aliphatic carbocycles. The van der Waals surface area contributed by atoms with E-state index in [0.29, 0.717) is 4.88 Å². The van der Waals surface area contributed by atoms with Crippen LogP contribution in [-0.4, -0.2) is 24.0 Å². The summed E-state index contributed by atoms with van der Waals surface area (Å²) in [6.45, 7) is 4.19. The third kappa shape index (κ3) is 2.03. The lowest BCUT2D eigenvalue weighted by Gasteiger charge is -2.32. The molecule has 1 amide bonds. The van der Waals surface area contributed by atoms with Crippen molar-refractivity contribution in [3.63, 3.8) is 0 Å². The fourth-order valence-corrected chi connectivity index (χ4v) is 2.85. The molecule has 0 saturated carbocycles. The highest BCUT2D eigenvalue weighted by molar-refractivity contribution is 7.13. The van der Waals surface area contributed by atoms with Gasteiger partial charge in [0.15, 0.2) is 0 Å². The Morgan fingerprint density at radius 2 is 2.53 bits per heavy atom. The van der Waals surface area contributed by atoms with E-state index in [1.165, 1.54) is 11.3 Å². The highest BCUT2D eigenvalue weighted by Crippen LogP contribution is 2.33. The molecule has 1 aliphatic heterocycles.